The van der Waals surface area contributed by atoms with Gasteiger partial charge in [-0.1, -0.05) is 17.7 Å². The standard InChI is InChI=1S/C21H29ClN4O2/c22-18-4-3-5-19-17(18)14-24-26(19)11-6-20(27)23-15-21(7-12-28-13-8-21)16-25-9-1-2-10-25/h3-5,14H,1-2,6-13,15-16H2,(H,23,27). The summed E-state index contributed by atoms with van der Waals surface area (Å²) >= 11 is 6.21. The van der Waals surface area contributed by atoms with Crippen LogP contribution >= 0.6 is 11.6 Å². The van der Waals surface area contributed by atoms with Crippen LogP contribution in [0.2, 0.25) is 5.02 Å². The molecule has 0 aliphatic carbocycles. The summed E-state index contributed by atoms with van der Waals surface area (Å²) in [5.74, 6) is 0.0815. The Morgan fingerprint density at radius 1 is 1.25 bits per heavy atom. The molecule has 0 spiro atoms. The van der Waals surface area contributed by atoms with Crippen molar-refractivity contribution in [2.45, 2.75) is 38.6 Å². The SMILES string of the molecule is O=C(CCn1ncc2c(Cl)cccc21)NCC1(CN2CCCC2)CCOCC1. The van der Waals surface area contributed by atoms with E-state index in [1.807, 2.05) is 22.9 Å². The van der Waals surface area contributed by atoms with Gasteiger partial charge in [-0.2, -0.15) is 5.10 Å². The van der Waals surface area contributed by atoms with Gasteiger partial charge in [-0.05, 0) is 50.9 Å². The molecule has 0 unspecified atom stereocenters. The van der Waals surface area contributed by atoms with Crippen LogP contribution < -0.4 is 5.32 Å². The van der Waals surface area contributed by atoms with Crippen molar-refractivity contribution < 1.29 is 9.53 Å². The van der Waals surface area contributed by atoms with Crippen molar-refractivity contribution in [3.05, 3.63) is 29.4 Å². The molecule has 4 rings (SSSR count). The topological polar surface area (TPSA) is 59.4 Å². The van der Waals surface area contributed by atoms with Gasteiger partial charge in [-0.15, -0.1) is 0 Å². The summed E-state index contributed by atoms with van der Waals surface area (Å²) < 4.78 is 7.45. The van der Waals surface area contributed by atoms with E-state index in [-0.39, 0.29) is 11.3 Å². The first kappa shape index (κ1) is 19.7. The van der Waals surface area contributed by atoms with E-state index in [2.05, 4.69) is 15.3 Å². The second-order valence-electron chi connectivity index (χ2n) is 8.16. The van der Waals surface area contributed by atoms with Crippen molar-refractivity contribution in [2.75, 3.05) is 39.4 Å². The molecule has 1 aromatic carbocycles. The van der Waals surface area contributed by atoms with Gasteiger partial charge in [0.25, 0.3) is 0 Å². The van der Waals surface area contributed by atoms with E-state index in [0.717, 1.165) is 50.0 Å². The van der Waals surface area contributed by atoms with Gasteiger partial charge in [0, 0.05) is 43.5 Å². The number of rotatable bonds is 7. The quantitative estimate of drug-likeness (QED) is 0.770. The van der Waals surface area contributed by atoms with Crippen LogP contribution in [0.3, 0.4) is 0 Å². The average Bonchev–Trinajstić information content (AvgIpc) is 3.36. The van der Waals surface area contributed by atoms with Gasteiger partial charge in [0.15, 0.2) is 0 Å². The lowest BCUT2D eigenvalue weighted by Gasteiger charge is -2.40. The fourth-order valence-electron chi connectivity index (χ4n) is 4.44. The smallest absolute Gasteiger partial charge is 0.221 e. The molecule has 1 amide bonds. The predicted octanol–water partition coefficient (Wildman–Crippen LogP) is 3.09. The molecule has 0 bridgehead atoms. The summed E-state index contributed by atoms with van der Waals surface area (Å²) in [4.78, 5) is 15.1. The van der Waals surface area contributed by atoms with Gasteiger partial charge in [0.05, 0.1) is 23.3 Å². The molecule has 0 atom stereocenters. The normalized spacial score (nSPS) is 19.9. The average molecular weight is 405 g/mol. The second-order valence-corrected chi connectivity index (χ2v) is 8.57. The molecule has 0 radical (unpaired) electrons. The number of carbonyl (C=O) groups excluding carboxylic acids is 1. The Morgan fingerprint density at radius 2 is 2.04 bits per heavy atom. The van der Waals surface area contributed by atoms with Gasteiger partial charge < -0.3 is 15.0 Å². The fourth-order valence-corrected chi connectivity index (χ4v) is 4.66. The Labute approximate surface area is 171 Å². The fraction of sp³-hybridized carbons (Fsp3) is 0.619. The number of ether oxygens (including phenoxy) is 1. The number of hydrogen-bond acceptors (Lipinski definition) is 4. The van der Waals surface area contributed by atoms with Gasteiger partial charge in [-0.25, -0.2) is 0 Å². The van der Waals surface area contributed by atoms with Crippen LogP contribution in [0.25, 0.3) is 10.9 Å². The highest BCUT2D eigenvalue weighted by molar-refractivity contribution is 6.35. The summed E-state index contributed by atoms with van der Waals surface area (Å²) in [5.41, 5.74) is 1.11. The molecule has 0 saturated carbocycles. The number of nitrogens with zero attached hydrogens (tertiary/aromatic N) is 3. The van der Waals surface area contributed by atoms with E-state index < -0.39 is 0 Å². The van der Waals surface area contributed by atoms with Crippen LogP contribution in [0, 0.1) is 5.41 Å². The number of halogens is 1. The molecular weight excluding hydrogens is 376 g/mol. The number of benzene rings is 1. The summed E-state index contributed by atoms with van der Waals surface area (Å²) in [6.07, 6.45) is 6.81. The van der Waals surface area contributed by atoms with Crippen LogP contribution in [0.4, 0.5) is 0 Å². The summed E-state index contributed by atoms with van der Waals surface area (Å²) in [6.45, 7) is 6.32. The Kier molecular flexibility index (Phi) is 6.19. The van der Waals surface area contributed by atoms with Crippen molar-refractivity contribution in [1.29, 1.82) is 0 Å². The van der Waals surface area contributed by atoms with Crippen molar-refractivity contribution in [1.82, 2.24) is 20.0 Å². The van der Waals surface area contributed by atoms with Gasteiger partial charge in [0.1, 0.15) is 0 Å². The molecule has 152 valence electrons. The van der Waals surface area contributed by atoms with E-state index in [0.29, 0.717) is 18.0 Å². The first-order chi connectivity index (χ1) is 13.7. The van der Waals surface area contributed by atoms with Gasteiger partial charge >= 0.3 is 0 Å². The van der Waals surface area contributed by atoms with E-state index in [9.17, 15) is 4.79 Å². The van der Waals surface area contributed by atoms with Gasteiger partial charge in [-0.3, -0.25) is 9.48 Å². The monoisotopic (exact) mass is 404 g/mol. The zero-order valence-corrected chi connectivity index (χ0v) is 17.1. The predicted molar refractivity (Wildman–Crippen MR) is 111 cm³/mol. The molecule has 6 nitrogen and oxygen atoms in total. The van der Waals surface area contributed by atoms with E-state index in [1.165, 1.54) is 25.9 Å². The lowest BCUT2D eigenvalue weighted by atomic mass is 9.79. The molecule has 7 heteroatoms. The van der Waals surface area contributed by atoms with Crippen molar-refractivity contribution in [3.8, 4) is 0 Å². The molecule has 1 N–H and O–H groups in total. The lowest BCUT2D eigenvalue weighted by Crippen LogP contribution is -2.48. The first-order valence-electron chi connectivity index (χ1n) is 10.3. The van der Waals surface area contributed by atoms with Crippen molar-refractivity contribution in [3.63, 3.8) is 0 Å². The number of nitrogens with one attached hydrogen (secondary N) is 1. The number of likely N-dealkylation sites (tertiary alicyclic amines) is 1. The van der Waals surface area contributed by atoms with Crippen LogP contribution in [-0.2, 0) is 16.1 Å². The van der Waals surface area contributed by atoms with E-state index >= 15 is 0 Å². The third-order valence-electron chi connectivity index (χ3n) is 6.16. The number of hydrogen-bond donors (Lipinski definition) is 1. The zero-order valence-electron chi connectivity index (χ0n) is 16.3. The number of amides is 1. The highest BCUT2D eigenvalue weighted by Gasteiger charge is 2.35. The molecule has 28 heavy (non-hydrogen) atoms. The minimum atomic E-state index is 0.0815. The van der Waals surface area contributed by atoms with Crippen LogP contribution in [-0.4, -0.2) is 60.0 Å². The Balaban J connectivity index is 1.32. The largest absolute Gasteiger partial charge is 0.381 e. The zero-order chi connectivity index (χ0) is 19.4. The van der Waals surface area contributed by atoms with Crippen LogP contribution in [0.1, 0.15) is 32.1 Å². The van der Waals surface area contributed by atoms with Crippen LogP contribution in [0.5, 0.6) is 0 Å². The number of fused-ring (bicyclic) bond motifs is 1. The Morgan fingerprint density at radius 3 is 2.82 bits per heavy atom. The maximum Gasteiger partial charge on any atom is 0.221 e. The third kappa shape index (κ3) is 4.50. The van der Waals surface area contributed by atoms with E-state index in [1.54, 1.807) is 6.20 Å². The molecule has 2 aliphatic rings. The molecule has 1 aromatic heterocycles. The molecule has 2 saturated heterocycles. The second kappa shape index (κ2) is 8.80. The minimum Gasteiger partial charge on any atom is -0.381 e. The summed E-state index contributed by atoms with van der Waals surface area (Å²) in [7, 11) is 0. The van der Waals surface area contributed by atoms with Crippen LogP contribution in [0.15, 0.2) is 24.4 Å². The molecule has 3 heterocycles. The highest BCUT2D eigenvalue weighted by atomic mass is 35.5. The highest BCUT2D eigenvalue weighted by Crippen LogP contribution is 2.32. The van der Waals surface area contributed by atoms with Crippen molar-refractivity contribution in [2.24, 2.45) is 5.41 Å². The summed E-state index contributed by atoms with van der Waals surface area (Å²) in [5, 5.41) is 9.21. The number of carbonyl (C=O) groups is 1. The summed E-state index contributed by atoms with van der Waals surface area (Å²) in [6, 6.07) is 5.76. The van der Waals surface area contributed by atoms with Crippen molar-refractivity contribution >= 4 is 28.4 Å². The maximum absolute atomic E-state index is 12.5. The third-order valence-corrected chi connectivity index (χ3v) is 6.49. The molecular formula is C21H29ClN4O2. The molecule has 2 aromatic rings. The first-order valence-corrected chi connectivity index (χ1v) is 10.7. The Hall–Kier alpha value is -1.63. The number of aromatic nitrogens is 2. The van der Waals surface area contributed by atoms with E-state index in [4.69, 9.17) is 16.3 Å². The van der Waals surface area contributed by atoms with Gasteiger partial charge in [0.2, 0.25) is 5.91 Å². The Bertz CT molecular complexity index is 810. The molecule has 2 fully saturated rings. The molecule has 2 aliphatic heterocycles. The number of aryl methyl sites for hydroxylation is 1. The maximum atomic E-state index is 12.5. The minimum absolute atomic E-state index is 0.0815. The lowest BCUT2D eigenvalue weighted by molar-refractivity contribution is -0.122.